The number of carbonyl (C=O) groups excluding carboxylic acids is 1. The van der Waals surface area contributed by atoms with Gasteiger partial charge < -0.3 is 11.1 Å². The van der Waals surface area contributed by atoms with Gasteiger partial charge >= 0.3 is 0 Å². The average molecular weight is 344 g/mol. The average Bonchev–Trinajstić information content (AvgIpc) is 2.33. The quantitative estimate of drug-likeness (QED) is 0.807. The summed E-state index contributed by atoms with van der Waals surface area (Å²) in [5.74, 6) is -0.928. The van der Waals surface area contributed by atoms with E-state index in [1.54, 1.807) is 18.2 Å². The molecule has 0 fully saturated rings. The van der Waals surface area contributed by atoms with Gasteiger partial charge in [0.1, 0.15) is 5.82 Å². The zero-order valence-corrected chi connectivity index (χ0v) is 11.9. The van der Waals surface area contributed by atoms with Crippen molar-refractivity contribution in [3.05, 3.63) is 57.3 Å². The lowest BCUT2D eigenvalue weighted by atomic mass is 10.2. The van der Waals surface area contributed by atoms with Crippen LogP contribution in [0, 0.1) is 5.82 Å². The molecule has 6 heteroatoms. The number of nitrogens with one attached hydrogen (secondary N) is 1. The highest BCUT2D eigenvalue weighted by atomic mass is 79.9. The number of rotatable bonds is 2. The van der Waals surface area contributed by atoms with Crippen molar-refractivity contribution in [2.24, 2.45) is 0 Å². The van der Waals surface area contributed by atoms with Crippen LogP contribution in [0.15, 0.2) is 40.9 Å². The minimum atomic E-state index is -0.494. The SMILES string of the molecule is Nc1ccc(Br)c(NC(=O)c2ccc(F)cc2Cl)c1. The summed E-state index contributed by atoms with van der Waals surface area (Å²) in [6.07, 6.45) is 0. The number of benzene rings is 2. The highest BCUT2D eigenvalue weighted by molar-refractivity contribution is 9.10. The fourth-order valence-electron chi connectivity index (χ4n) is 1.50. The Morgan fingerprint density at radius 2 is 2.00 bits per heavy atom. The lowest BCUT2D eigenvalue weighted by Crippen LogP contribution is -2.13. The zero-order valence-electron chi connectivity index (χ0n) is 9.58. The second kappa shape index (κ2) is 5.59. The minimum Gasteiger partial charge on any atom is -0.399 e. The Morgan fingerprint density at radius 3 is 2.68 bits per heavy atom. The molecular formula is C13H9BrClFN2O. The molecule has 1 amide bonds. The lowest BCUT2D eigenvalue weighted by molar-refractivity contribution is 0.102. The summed E-state index contributed by atoms with van der Waals surface area (Å²) in [6, 6.07) is 8.62. The molecule has 0 radical (unpaired) electrons. The molecule has 2 aromatic rings. The van der Waals surface area contributed by atoms with E-state index in [1.807, 2.05) is 0 Å². The molecule has 3 N–H and O–H groups in total. The van der Waals surface area contributed by atoms with Crippen molar-refractivity contribution in [3.8, 4) is 0 Å². The fourth-order valence-corrected chi connectivity index (χ4v) is 2.10. The number of anilines is 2. The molecule has 0 saturated carbocycles. The van der Waals surface area contributed by atoms with Crippen LogP contribution < -0.4 is 11.1 Å². The monoisotopic (exact) mass is 342 g/mol. The molecule has 0 spiro atoms. The number of nitrogen functional groups attached to an aromatic ring is 1. The van der Waals surface area contributed by atoms with Gasteiger partial charge in [-0.15, -0.1) is 0 Å². The van der Waals surface area contributed by atoms with E-state index in [0.29, 0.717) is 15.8 Å². The molecule has 0 saturated heterocycles. The van der Waals surface area contributed by atoms with Crippen molar-refractivity contribution in [3.63, 3.8) is 0 Å². The van der Waals surface area contributed by atoms with Crippen molar-refractivity contribution >= 4 is 44.8 Å². The van der Waals surface area contributed by atoms with Crippen LogP contribution in [0.1, 0.15) is 10.4 Å². The van der Waals surface area contributed by atoms with Crippen LogP contribution in [0.25, 0.3) is 0 Å². The van der Waals surface area contributed by atoms with Crippen LogP contribution in [0.5, 0.6) is 0 Å². The summed E-state index contributed by atoms with van der Waals surface area (Å²) in [4.78, 5) is 12.0. The largest absolute Gasteiger partial charge is 0.399 e. The summed E-state index contributed by atoms with van der Waals surface area (Å²) in [6.45, 7) is 0. The Labute approximate surface area is 122 Å². The molecule has 0 aliphatic rings. The van der Waals surface area contributed by atoms with E-state index in [4.69, 9.17) is 17.3 Å². The molecule has 0 atom stereocenters. The van der Waals surface area contributed by atoms with Gasteiger partial charge in [-0.3, -0.25) is 4.79 Å². The Bertz CT molecular complexity index is 649. The Balaban J connectivity index is 2.28. The lowest BCUT2D eigenvalue weighted by Gasteiger charge is -2.09. The zero-order chi connectivity index (χ0) is 14.0. The molecule has 2 rings (SSSR count). The van der Waals surface area contributed by atoms with E-state index in [-0.39, 0.29) is 10.6 Å². The molecule has 0 bridgehead atoms. The molecule has 0 aliphatic carbocycles. The minimum absolute atomic E-state index is 0.0533. The molecule has 98 valence electrons. The number of nitrogens with two attached hydrogens (primary N) is 1. The van der Waals surface area contributed by atoms with E-state index in [1.165, 1.54) is 12.1 Å². The highest BCUT2D eigenvalue weighted by Crippen LogP contribution is 2.26. The van der Waals surface area contributed by atoms with E-state index in [9.17, 15) is 9.18 Å². The van der Waals surface area contributed by atoms with Gasteiger partial charge in [0.25, 0.3) is 5.91 Å². The predicted octanol–water partition coefficient (Wildman–Crippen LogP) is 4.08. The molecule has 0 aromatic heterocycles. The molecule has 3 nitrogen and oxygen atoms in total. The van der Waals surface area contributed by atoms with Gasteiger partial charge in [-0.05, 0) is 52.3 Å². The first-order valence-corrected chi connectivity index (χ1v) is 6.46. The van der Waals surface area contributed by atoms with E-state index in [0.717, 1.165) is 6.07 Å². The molecular weight excluding hydrogens is 335 g/mol. The van der Waals surface area contributed by atoms with E-state index < -0.39 is 11.7 Å². The van der Waals surface area contributed by atoms with Gasteiger partial charge in [-0.2, -0.15) is 0 Å². The third kappa shape index (κ3) is 3.24. The van der Waals surface area contributed by atoms with Crippen molar-refractivity contribution in [1.82, 2.24) is 0 Å². The fraction of sp³-hybridized carbons (Fsp3) is 0. The first-order chi connectivity index (χ1) is 8.97. The smallest absolute Gasteiger partial charge is 0.257 e. The third-order valence-corrected chi connectivity index (χ3v) is 3.42. The first kappa shape index (κ1) is 13.8. The second-order valence-corrected chi connectivity index (χ2v) is 5.08. The van der Waals surface area contributed by atoms with Crippen LogP contribution in [-0.2, 0) is 0 Å². The van der Waals surface area contributed by atoms with Gasteiger partial charge in [0.15, 0.2) is 0 Å². The maximum atomic E-state index is 12.9. The standard InChI is InChI=1S/C13H9BrClFN2O/c14-10-4-2-8(17)6-12(10)18-13(19)9-3-1-7(16)5-11(9)15/h1-6H,17H2,(H,18,19). The van der Waals surface area contributed by atoms with Gasteiger partial charge in [0.2, 0.25) is 0 Å². The maximum Gasteiger partial charge on any atom is 0.257 e. The maximum absolute atomic E-state index is 12.9. The second-order valence-electron chi connectivity index (χ2n) is 3.82. The van der Waals surface area contributed by atoms with E-state index in [2.05, 4.69) is 21.2 Å². The summed E-state index contributed by atoms with van der Waals surface area (Å²) < 4.78 is 13.6. The number of hydrogen-bond acceptors (Lipinski definition) is 2. The number of halogens is 3. The van der Waals surface area contributed by atoms with Gasteiger partial charge in [-0.25, -0.2) is 4.39 Å². The Kier molecular flexibility index (Phi) is 4.07. The van der Waals surface area contributed by atoms with Gasteiger partial charge in [0.05, 0.1) is 16.3 Å². The molecule has 0 aliphatic heterocycles. The normalized spacial score (nSPS) is 10.3. The number of amides is 1. The topological polar surface area (TPSA) is 55.1 Å². The summed E-state index contributed by atoms with van der Waals surface area (Å²) >= 11 is 9.12. The first-order valence-electron chi connectivity index (χ1n) is 5.29. The molecule has 2 aromatic carbocycles. The summed E-state index contributed by atoms with van der Waals surface area (Å²) in [5, 5.41) is 2.71. The van der Waals surface area contributed by atoms with Crippen LogP contribution in [0.2, 0.25) is 5.02 Å². The van der Waals surface area contributed by atoms with Gasteiger partial charge in [-0.1, -0.05) is 11.6 Å². The van der Waals surface area contributed by atoms with Crippen LogP contribution in [0.4, 0.5) is 15.8 Å². The van der Waals surface area contributed by atoms with Crippen LogP contribution >= 0.6 is 27.5 Å². The predicted molar refractivity (Wildman–Crippen MR) is 77.9 cm³/mol. The molecule has 0 heterocycles. The van der Waals surface area contributed by atoms with Crippen LogP contribution in [0.3, 0.4) is 0 Å². The summed E-state index contributed by atoms with van der Waals surface area (Å²) in [5.41, 5.74) is 6.87. The number of hydrogen-bond donors (Lipinski definition) is 2. The van der Waals surface area contributed by atoms with Crippen molar-refractivity contribution < 1.29 is 9.18 Å². The van der Waals surface area contributed by atoms with Gasteiger partial charge in [0, 0.05) is 10.2 Å². The highest BCUT2D eigenvalue weighted by Gasteiger charge is 2.12. The van der Waals surface area contributed by atoms with E-state index >= 15 is 0 Å². The van der Waals surface area contributed by atoms with Crippen molar-refractivity contribution in [1.29, 1.82) is 0 Å². The molecule has 19 heavy (non-hydrogen) atoms. The van der Waals surface area contributed by atoms with Crippen LogP contribution in [-0.4, -0.2) is 5.91 Å². The summed E-state index contributed by atoms with van der Waals surface area (Å²) in [7, 11) is 0. The Morgan fingerprint density at radius 1 is 1.26 bits per heavy atom. The number of carbonyl (C=O) groups is 1. The Hall–Kier alpha value is -1.59. The van der Waals surface area contributed by atoms with Crippen molar-refractivity contribution in [2.75, 3.05) is 11.1 Å². The molecule has 0 unspecified atom stereocenters. The third-order valence-electron chi connectivity index (χ3n) is 2.41. The van der Waals surface area contributed by atoms with Crippen molar-refractivity contribution in [2.45, 2.75) is 0 Å².